The second kappa shape index (κ2) is 4.54. The van der Waals surface area contributed by atoms with E-state index in [2.05, 4.69) is 25.5 Å². The number of hydrogen-bond acceptors (Lipinski definition) is 4. The van der Waals surface area contributed by atoms with Gasteiger partial charge in [0.15, 0.2) is 0 Å². The maximum atomic E-state index is 4.15. The highest BCUT2D eigenvalue weighted by molar-refractivity contribution is 5.24. The molecule has 2 heterocycles. The summed E-state index contributed by atoms with van der Waals surface area (Å²) in [6.07, 6.45) is 6.23. The number of rotatable bonds is 4. The lowest BCUT2D eigenvalue weighted by atomic mass is 10.3. The molecule has 0 fully saturated rings. The molecule has 0 atom stereocenters. The molecule has 0 bridgehead atoms. The molecule has 0 radical (unpaired) electrons. The lowest BCUT2D eigenvalue weighted by molar-refractivity contribution is 0.916. The zero-order chi connectivity index (χ0) is 10.5. The predicted octanol–water partition coefficient (Wildman–Crippen LogP) is 1.16. The van der Waals surface area contributed by atoms with E-state index in [0.717, 1.165) is 24.2 Å². The van der Waals surface area contributed by atoms with Crippen LogP contribution in [0.25, 0.3) is 0 Å². The Morgan fingerprint density at radius 2 is 2.13 bits per heavy atom. The SMILES string of the molecule is Cc1cnc(NCCc2ccn[nH]2)nc1. The third-order valence-electron chi connectivity index (χ3n) is 2.02. The summed E-state index contributed by atoms with van der Waals surface area (Å²) < 4.78 is 0. The van der Waals surface area contributed by atoms with Crippen molar-refractivity contribution in [2.24, 2.45) is 0 Å². The molecule has 0 aromatic carbocycles. The predicted molar refractivity (Wildman–Crippen MR) is 57.6 cm³/mol. The van der Waals surface area contributed by atoms with Crippen LogP contribution in [0.3, 0.4) is 0 Å². The monoisotopic (exact) mass is 203 g/mol. The van der Waals surface area contributed by atoms with Crippen molar-refractivity contribution in [3.05, 3.63) is 35.9 Å². The molecule has 2 aromatic heterocycles. The van der Waals surface area contributed by atoms with E-state index < -0.39 is 0 Å². The summed E-state index contributed by atoms with van der Waals surface area (Å²) in [5, 5.41) is 9.92. The lowest BCUT2D eigenvalue weighted by Crippen LogP contribution is -2.08. The molecule has 0 spiro atoms. The van der Waals surface area contributed by atoms with E-state index in [0.29, 0.717) is 5.95 Å². The van der Waals surface area contributed by atoms with Crippen molar-refractivity contribution < 1.29 is 0 Å². The molecule has 0 saturated heterocycles. The van der Waals surface area contributed by atoms with Crippen LogP contribution in [0.1, 0.15) is 11.3 Å². The minimum atomic E-state index is 0.667. The molecule has 5 heteroatoms. The summed E-state index contributed by atoms with van der Waals surface area (Å²) in [5.74, 6) is 0.667. The maximum absolute atomic E-state index is 4.15. The third kappa shape index (κ3) is 2.77. The highest BCUT2D eigenvalue weighted by Gasteiger charge is 1.96. The summed E-state index contributed by atoms with van der Waals surface area (Å²) in [7, 11) is 0. The average Bonchev–Trinajstić information content (AvgIpc) is 2.74. The topological polar surface area (TPSA) is 66.5 Å². The molecule has 0 aliphatic rings. The fraction of sp³-hybridized carbons (Fsp3) is 0.300. The molecule has 0 aliphatic carbocycles. The van der Waals surface area contributed by atoms with Crippen LogP contribution in [0.15, 0.2) is 24.7 Å². The first-order chi connectivity index (χ1) is 7.34. The molecule has 2 N–H and O–H groups in total. The smallest absolute Gasteiger partial charge is 0.222 e. The molecule has 5 nitrogen and oxygen atoms in total. The number of nitrogens with zero attached hydrogens (tertiary/aromatic N) is 3. The van der Waals surface area contributed by atoms with Gasteiger partial charge in [-0.3, -0.25) is 5.10 Å². The van der Waals surface area contributed by atoms with Crippen molar-refractivity contribution in [1.82, 2.24) is 20.2 Å². The Balaban J connectivity index is 1.81. The highest BCUT2D eigenvalue weighted by atomic mass is 15.1. The van der Waals surface area contributed by atoms with Gasteiger partial charge >= 0.3 is 0 Å². The van der Waals surface area contributed by atoms with Crippen LogP contribution in [0.4, 0.5) is 5.95 Å². The number of nitrogens with one attached hydrogen (secondary N) is 2. The summed E-state index contributed by atoms with van der Waals surface area (Å²) in [5.41, 5.74) is 2.17. The summed E-state index contributed by atoms with van der Waals surface area (Å²) in [4.78, 5) is 8.30. The van der Waals surface area contributed by atoms with Crippen LogP contribution < -0.4 is 5.32 Å². The Kier molecular flexibility index (Phi) is 2.92. The van der Waals surface area contributed by atoms with Gasteiger partial charge in [-0.25, -0.2) is 9.97 Å². The molecule has 2 rings (SSSR count). The van der Waals surface area contributed by atoms with Crippen molar-refractivity contribution in [3.8, 4) is 0 Å². The van der Waals surface area contributed by atoms with E-state index >= 15 is 0 Å². The van der Waals surface area contributed by atoms with Crippen molar-refractivity contribution in [1.29, 1.82) is 0 Å². The summed E-state index contributed by atoms with van der Waals surface area (Å²) in [6.45, 7) is 2.76. The van der Waals surface area contributed by atoms with Crippen LogP contribution in [-0.2, 0) is 6.42 Å². The second-order valence-electron chi connectivity index (χ2n) is 3.34. The first-order valence-corrected chi connectivity index (χ1v) is 4.85. The van der Waals surface area contributed by atoms with Gasteiger partial charge < -0.3 is 5.32 Å². The van der Waals surface area contributed by atoms with Gasteiger partial charge in [-0.05, 0) is 18.6 Å². The lowest BCUT2D eigenvalue weighted by Gasteiger charge is -2.02. The van der Waals surface area contributed by atoms with Gasteiger partial charge in [-0.2, -0.15) is 5.10 Å². The molecular formula is C10H13N5. The van der Waals surface area contributed by atoms with Gasteiger partial charge in [-0.1, -0.05) is 0 Å². The highest BCUT2D eigenvalue weighted by Crippen LogP contribution is 1.99. The number of aromatic amines is 1. The molecule has 0 unspecified atom stereocenters. The van der Waals surface area contributed by atoms with E-state index in [4.69, 9.17) is 0 Å². The average molecular weight is 203 g/mol. The molecule has 2 aromatic rings. The van der Waals surface area contributed by atoms with Gasteiger partial charge in [0.25, 0.3) is 0 Å². The van der Waals surface area contributed by atoms with Crippen LogP contribution in [-0.4, -0.2) is 26.7 Å². The van der Waals surface area contributed by atoms with Crippen LogP contribution in [0, 0.1) is 6.92 Å². The largest absolute Gasteiger partial charge is 0.354 e. The van der Waals surface area contributed by atoms with Crippen LogP contribution in [0.5, 0.6) is 0 Å². The first kappa shape index (κ1) is 9.64. The fourth-order valence-electron chi connectivity index (χ4n) is 1.22. The number of anilines is 1. The normalized spacial score (nSPS) is 10.2. The van der Waals surface area contributed by atoms with E-state index in [9.17, 15) is 0 Å². The molecular weight excluding hydrogens is 190 g/mol. The second-order valence-corrected chi connectivity index (χ2v) is 3.34. The third-order valence-corrected chi connectivity index (χ3v) is 2.02. The van der Waals surface area contributed by atoms with Crippen LogP contribution >= 0.6 is 0 Å². The quantitative estimate of drug-likeness (QED) is 0.782. The standard InChI is InChI=1S/C10H13N5/c1-8-6-12-10(13-7-8)11-4-2-9-3-5-14-15-9/h3,5-7H,2,4H2,1H3,(H,14,15)(H,11,12,13). The minimum Gasteiger partial charge on any atom is -0.354 e. The number of aryl methyl sites for hydroxylation is 1. The summed E-state index contributed by atoms with van der Waals surface area (Å²) >= 11 is 0. The van der Waals surface area contributed by atoms with E-state index in [1.165, 1.54) is 0 Å². The number of H-pyrrole nitrogens is 1. The van der Waals surface area contributed by atoms with E-state index in [1.54, 1.807) is 18.6 Å². The Labute approximate surface area is 88.0 Å². The summed E-state index contributed by atoms with van der Waals surface area (Å²) in [6, 6.07) is 1.96. The van der Waals surface area contributed by atoms with Crippen molar-refractivity contribution in [2.75, 3.05) is 11.9 Å². The van der Waals surface area contributed by atoms with E-state index in [-0.39, 0.29) is 0 Å². The Morgan fingerprint density at radius 1 is 1.33 bits per heavy atom. The fourth-order valence-corrected chi connectivity index (χ4v) is 1.22. The van der Waals surface area contributed by atoms with Crippen molar-refractivity contribution in [3.63, 3.8) is 0 Å². The van der Waals surface area contributed by atoms with Crippen LogP contribution in [0.2, 0.25) is 0 Å². The molecule has 0 saturated carbocycles. The van der Waals surface area contributed by atoms with Gasteiger partial charge in [-0.15, -0.1) is 0 Å². The van der Waals surface area contributed by atoms with Gasteiger partial charge in [0.2, 0.25) is 5.95 Å². The minimum absolute atomic E-state index is 0.667. The number of hydrogen-bond donors (Lipinski definition) is 2. The molecule has 15 heavy (non-hydrogen) atoms. The Bertz CT molecular complexity index is 392. The van der Waals surface area contributed by atoms with E-state index in [1.807, 2.05) is 13.0 Å². The van der Waals surface area contributed by atoms with Gasteiger partial charge in [0.05, 0.1) is 0 Å². The zero-order valence-corrected chi connectivity index (χ0v) is 8.57. The molecule has 0 amide bonds. The van der Waals surface area contributed by atoms with Gasteiger partial charge in [0, 0.05) is 37.3 Å². The first-order valence-electron chi connectivity index (χ1n) is 4.85. The maximum Gasteiger partial charge on any atom is 0.222 e. The Hall–Kier alpha value is -1.91. The number of aromatic nitrogens is 4. The molecule has 78 valence electrons. The van der Waals surface area contributed by atoms with Crippen molar-refractivity contribution >= 4 is 5.95 Å². The molecule has 0 aliphatic heterocycles. The zero-order valence-electron chi connectivity index (χ0n) is 8.57. The van der Waals surface area contributed by atoms with Gasteiger partial charge in [0.1, 0.15) is 0 Å². The van der Waals surface area contributed by atoms with Crippen molar-refractivity contribution in [2.45, 2.75) is 13.3 Å². The Morgan fingerprint density at radius 3 is 2.80 bits per heavy atom.